The smallest absolute Gasteiger partial charge is 0.0127 e. The Kier molecular flexibility index (Phi) is 3.16. The summed E-state index contributed by atoms with van der Waals surface area (Å²) in [6.07, 6.45) is 5.56. The van der Waals surface area contributed by atoms with E-state index in [4.69, 9.17) is 0 Å². The highest BCUT2D eigenvalue weighted by atomic mass is 15.2. The van der Waals surface area contributed by atoms with Crippen LogP contribution in [0.4, 0.5) is 0 Å². The summed E-state index contributed by atoms with van der Waals surface area (Å²) in [4.78, 5) is 2.68. The van der Waals surface area contributed by atoms with E-state index in [0.29, 0.717) is 5.54 Å². The fraction of sp³-hybridized carbons (Fsp3) is 1.00. The van der Waals surface area contributed by atoms with Crippen LogP contribution in [0.5, 0.6) is 0 Å². The van der Waals surface area contributed by atoms with Crippen molar-refractivity contribution in [3.05, 3.63) is 0 Å². The minimum absolute atomic E-state index is 0.376. The van der Waals surface area contributed by atoms with E-state index in [1.54, 1.807) is 0 Å². The van der Waals surface area contributed by atoms with E-state index in [0.717, 1.165) is 6.04 Å². The zero-order valence-electron chi connectivity index (χ0n) is 9.06. The first kappa shape index (κ1) is 10.0. The predicted molar refractivity (Wildman–Crippen MR) is 54.4 cm³/mol. The molecule has 0 aromatic carbocycles. The number of rotatable bonds is 1. The predicted octanol–water partition coefficient (Wildman–Crippen LogP) is 3.05. The van der Waals surface area contributed by atoms with E-state index in [1.165, 1.54) is 32.2 Å². The Morgan fingerprint density at radius 2 is 1.92 bits per heavy atom. The monoisotopic (exact) mass is 169 g/mol. The lowest BCUT2D eigenvalue weighted by Gasteiger charge is -2.44. The van der Waals surface area contributed by atoms with Crippen LogP contribution in [0.25, 0.3) is 0 Å². The summed E-state index contributed by atoms with van der Waals surface area (Å²) in [6.45, 7) is 10.6. The second kappa shape index (κ2) is 3.78. The van der Waals surface area contributed by atoms with Crippen molar-refractivity contribution in [1.82, 2.24) is 4.90 Å². The molecule has 1 fully saturated rings. The van der Waals surface area contributed by atoms with Crippen LogP contribution in [0.15, 0.2) is 0 Å². The van der Waals surface area contributed by atoms with E-state index in [9.17, 15) is 0 Å². The van der Waals surface area contributed by atoms with Crippen LogP contribution in [0, 0.1) is 0 Å². The van der Waals surface area contributed by atoms with E-state index in [1.807, 2.05) is 0 Å². The molecular formula is C11H23N. The molecule has 0 spiro atoms. The summed E-state index contributed by atoms with van der Waals surface area (Å²) in [7, 11) is 0. The van der Waals surface area contributed by atoms with Gasteiger partial charge in [-0.05, 0) is 46.6 Å². The quantitative estimate of drug-likeness (QED) is 0.583. The molecule has 0 bridgehead atoms. The van der Waals surface area contributed by atoms with Crippen molar-refractivity contribution >= 4 is 0 Å². The average molecular weight is 169 g/mol. The lowest BCUT2D eigenvalue weighted by molar-refractivity contribution is 0.0496. The first-order valence-electron chi connectivity index (χ1n) is 5.32. The van der Waals surface area contributed by atoms with Gasteiger partial charge in [-0.2, -0.15) is 0 Å². The van der Waals surface area contributed by atoms with Crippen LogP contribution >= 0.6 is 0 Å². The second-order valence-electron chi connectivity index (χ2n) is 4.92. The SMILES string of the molecule is CC[C@H]1CCCCN1C(C)(C)C. The molecule has 0 saturated carbocycles. The molecule has 1 heterocycles. The summed E-state index contributed by atoms with van der Waals surface area (Å²) >= 11 is 0. The maximum absolute atomic E-state index is 2.68. The highest BCUT2D eigenvalue weighted by molar-refractivity contribution is 4.85. The molecule has 0 unspecified atom stereocenters. The zero-order valence-corrected chi connectivity index (χ0v) is 9.06. The Hall–Kier alpha value is -0.0400. The fourth-order valence-corrected chi connectivity index (χ4v) is 2.31. The standard InChI is InChI=1S/C11H23N/c1-5-10-8-6-7-9-12(10)11(2,3)4/h10H,5-9H2,1-4H3/t10-/m0/s1. The van der Waals surface area contributed by atoms with E-state index >= 15 is 0 Å². The highest BCUT2D eigenvalue weighted by Crippen LogP contribution is 2.26. The van der Waals surface area contributed by atoms with Crippen molar-refractivity contribution in [1.29, 1.82) is 0 Å². The molecule has 1 rings (SSSR count). The molecular weight excluding hydrogens is 146 g/mol. The lowest BCUT2D eigenvalue weighted by atomic mass is 9.93. The number of piperidine rings is 1. The number of nitrogens with zero attached hydrogens (tertiary/aromatic N) is 1. The van der Waals surface area contributed by atoms with Crippen molar-refractivity contribution < 1.29 is 0 Å². The minimum Gasteiger partial charge on any atom is -0.296 e. The topological polar surface area (TPSA) is 3.24 Å². The van der Waals surface area contributed by atoms with E-state index in [2.05, 4.69) is 32.6 Å². The van der Waals surface area contributed by atoms with Gasteiger partial charge in [-0.25, -0.2) is 0 Å². The molecule has 12 heavy (non-hydrogen) atoms. The maximum Gasteiger partial charge on any atom is 0.0127 e. The first-order valence-corrected chi connectivity index (χ1v) is 5.32. The van der Waals surface area contributed by atoms with Crippen molar-refractivity contribution in [2.24, 2.45) is 0 Å². The van der Waals surface area contributed by atoms with Gasteiger partial charge in [0.2, 0.25) is 0 Å². The van der Waals surface area contributed by atoms with Crippen molar-refractivity contribution in [3.63, 3.8) is 0 Å². The Morgan fingerprint density at radius 1 is 1.25 bits per heavy atom. The zero-order chi connectivity index (χ0) is 9.19. The largest absolute Gasteiger partial charge is 0.296 e. The van der Waals surface area contributed by atoms with Crippen LogP contribution in [0.2, 0.25) is 0 Å². The number of likely N-dealkylation sites (tertiary alicyclic amines) is 1. The van der Waals surface area contributed by atoms with Gasteiger partial charge in [0.15, 0.2) is 0 Å². The van der Waals surface area contributed by atoms with Crippen LogP contribution in [0.1, 0.15) is 53.4 Å². The van der Waals surface area contributed by atoms with Crippen molar-refractivity contribution in [3.8, 4) is 0 Å². The summed E-state index contributed by atoms with van der Waals surface area (Å²) in [6, 6.07) is 0.846. The van der Waals surface area contributed by atoms with Gasteiger partial charge in [0.25, 0.3) is 0 Å². The first-order chi connectivity index (χ1) is 5.55. The fourth-order valence-electron chi connectivity index (χ4n) is 2.31. The number of hydrogen-bond acceptors (Lipinski definition) is 1. The summed E-state index contributed by atoms with van der Waals surface area (Å²) in [5.41, 5.74) is 0.376. The normalized spacial score (nSPS) is 27.5. The molecule has 0 aromatic heterocycles. The van der Waals surface area contributed by atoms with Crippen molar-refractivity contribution in [2.45, 2.75) is 65.0 Å². The van der Waals surface area contributed by atoms with Gasteiger partial charge < -0.3 is 0 Å². The molecule has 1 nitrogen and oxygen atoms in total. The average Bonchev–Trinajstić information content (AvgIpc) is 2.03. The van der Waals surface area contributed by atoms with Crippen LogP contribution < -0.4 is 0 Å². The molecule has 0 amide bonds. The van der Waals surface area contributed by atoms with Crippen LogP contribution in [-0.2, 0) is 0 Å². The van der Waals surface area contributed by atoms with Gasteiger partial charge in [-0.3, -0.25) is 4.90 Å². The third-order valence-electron chi connectivity index (χ3n) is 2.96. The molecule has 0 N–H and O–H groups in total. The molecule has 0 radical (unpaired) electrons. The Bertz CT molecular complexity index is 134. The third-order valence-corrected chi connectivity index (χ3v) is 2.96. The lowest BCUT2D eigenvalue weighted by Crippen LogP contribution is -2.50. The van der Waals surface area contributed by atoms with Gasteiger partial charge >= 0.3 is 0 Å². The molecule has 1 saturated heterocycles. The van der Waals surface area contributed by atoms with Gasteiger partial charge in [0, 0.05) is 11.6 Å². The van der Waals surface area contributed by atoms with Gasteiger partial charge in [-0.15, -0.1) is 0 Å². The molecule has 1 atom stereocenters. The summed E-state index contributed by atoms with van der Waals surface area (Å²) < 4.78 is 0. The Balaban J connectivity index is 2.59. The van der Waals surface area contributed by atoms with E-state index in [-0.39, 0.29) is 0 Å². The molecule has 1 heteroatoms. The highest BCUT2D eigenvalue weighted by Gasteiger charge is 2.29. The van der Waals surface area contributed by atoms with Gasteiger partial charge in [-0.1, -0.05) is 13.3 Å². The maximum atomic E-state index is 2.68. The molecule has 0 aromatic rings. The van der Waals surface area contributed by atoms with Gasteiger partial charge in [0.1, 0.15) is 0 Å². The summed E-state index contributed by atoms with van der Waals surface area (Å²) in [5.74, 6) is 0. The molecule has 1 aliphatic heterocycles. The molecule has 0 aliphatic carbocycles. The Labute approximate surface area is 77.1 Å². The third kappa shape index (κ3) is 2.22. The molecule has 1 aliphatic rings. The van der Waals surface area contributed by atoms with Crippen LogP contribution in [0.3, 0.4) is 0 Å². The second-order valence-corrected chi connectivity index (χ2v) is 4.92. The van der Waals surface area contributed by atoms with Crippen LogP contribution in [-0.4, -0.2) is 23.0 Å². The van der Waals surface area contributed by atoms with Crippen molar-refractivity contribution in [2.75, 3.05) is 6.54 Å². The van der Waals surface area contributed by atoms with Gasteiger partial charge in [0.05, 0.1) is 0 Å². The number of hydrogen-bond donors (Lipinski definition) is 0. The Morgan fingerprint density at radius 3 is 2.33 bits per heavy atom. The van der Waals surface area contributed by atoms with E-state index < -0.39 is 0 Å². The molecule has 72 valence electrons. The minimum atomic E-state index is 0.376. The summed E-state index contributed by atoms with van der Waals surface area (Å²) in [5, 5.41) is 0.